The van der Waals surface area contributed by atoms with Crippen LogP contribution in [0.1, 0.15) is 73.6 Å². The highest BCUT2D eigenvalue weighted by molar-refractivity contribution is 6.11. The van der Waals surface area contributed by atoms with Crippen molar-refractivity contribution in [1.82, 2.24) is 4.90 Å². The zero-order valence-electron chi connectivity index (χ0n) is 19.9. The Morgan fingerprint density at radius 2 is 1.78 bits per heavy atom. The lowest BCUT2D eigenvalue weighted by Gasteiger charge is -2.19. The highest BCUT2D eigenvalue weighted by Crippen LogP contribution is 2.47. The molecule has 3 aromatic carbocycles. The van der Waals surface area contributed by atoms with Gasteiger partial charge < -0.3 is 14.7 Å². The molecule has 0 spiro atoms. The molecule has 1 N–H and O–H groups in total. The van der Waals surface area contributed by atoms with E-state index >= 15 is 0 Å². The lowest BCUT2D eigenvalue weighted by molar-refractivity contribution is 0.0525. The van der Waals surface area contributed by atoms with E-state index in [-0.39, 0.29) is 29.9 Å². The maximum absolute atomic E-state index is 13.5. The number of aromatic carboxylic acids is 1. The Hall–Kier alpha value is -4.00. The second-order valence-corrected chi connectivity index (χ2v) is 9.14. The molecule has 2 aliphatic rings. The molecule has 6 nitrogen and oxygen atoms in total. The Bertz CT molecular complexity index is 1350. The zero-order chi connectivity index (χ0) is 25.4. The van der Waals surface area contributed by atoms with Crippen LogP contribution >= 0.6 is 0 Å². The van der Waals surface area contributed by atoms with E-state index in [4.69, 9.17) is 4.74 Å². The number of ether oxygens (including phenoxy) is 1. The molecule has 0 radical (unpaired) electrons. The van der Waals surface area contributed by atoms with Gasteiger partial charge in [-0.1, -0.05) is 30.3 Å². The fourth-order valence-electron chi connectivity index (χ4n) is 5.36. The largest absolute Gasteiger partial charge is 0.478 e. The van der Waals surface area contributed by atoms with Crippen molar-refractivity contribution in [3.63, 3.8) is 0 Å². The summed E-state index contributed by atoms with van der Waals surface area (Å²) in [5, 5.41) is 9.35. The van der Waals surface area contributed by atoms with Crippen LogP contribution in [0.2, 0.25) is 0 Å². The topological polar surface area (TPSA) is 83.9 Å². The molecule has 3 aromatic rings. The van der Waals surface area contributed by atoms with Gasteiger partial charge >= 0.3 is 11.9 Å². The highest BCUT2D eigenvalue weighted by atomic mass is 19.1. The van der Waals surface area contributed by atoms with E-state index in [1.54, 1.807) is 31.2 Å². The Labute approximate surface area is 208 Å². The first kappa shape index (κ1) is 23.7. The number of benzene rings is 3. The molecule has 0 saturated carbocycles. The molecule has 1 saturated heterocycles. The van der Waals surface area contributed by atoms with Crippen molar-refractivity contribution < 1.29 is 28.6 Å². The minimum absolute atomic E-state index is 0.0367. The minimum Gasteiger partial charge on any atom is -0.478 e. The molecule has 7 heteroatoms. The standard InChI is InChI=1S/C29H26FNO5/c1-2-36-29(35)25-20(8-5-17-6-13-21(30)14-7-17)16-22-23-4-3-15-31(23)27(32)26(22)24(25)18-9-11-19(12-10-18)28(33)34/h6-7,9-14,16,23H,2-5,8,15H2,1H3,(H,33,34)/t23-/m0/s1. The van der Waals surface area contributed by atoms with E-state index in [0.29, 0.717) is 41.6 Å². The van der Waals surface area contributed by atoms with Crippen molar-refractivity contribution in [3.05, 3.63) is 93.8 Å². The van der Waals surface area contributed by atoms with E-state index in [9.17, 15) is 23.9 Å². The van der Waals surface area contributed by atoms with Gasteiger partial charge in [0.15, 0.2) is 0 Å². The van der Waals surface area contributed by atoms with Gasteiger partial charge in [0.25, 0.3) is 5.91 Å². The average Bonchev–Trinajstić information content (AvgIpc) is 3.46. The van der Waals surface area contributed by atoms with Gasteiger partial charge in [-0.3, -0.25) is 4.79 Å². The third-order valence-electron chi connectivity index (χ3n) is 7.02. The van der Waals surface area contributed by atoms with Crippen molar-refractivity contribution in [2.24, 2.45) is 0 Å². The number of aryl methyl sites for hydroxylation is 2. The first-order chi connectivity index (χ1) is 17.4. The van der Waals surface area contributed by atoms with Crippen LogP contribution in [-0.2, 0) is 17.6 Å². The van der Waals surface area contributed by atoms with Crippen molar-refractivity contribution >= 4 is 17.8 Å². The van der Waals surface area contributed by atoms with Crippen LogP contribution in [0.15, 0.2) is 54.6 Å². The second kappa shape index (κ2) is 9.57. The van der Waals surface area contributed by atoms with Gasteiger partial charge in [0.05, 0.1) is 29.3 Å². The molecule has 0 bridgehead atoms. The fraction of sp³-hybridized carbons (Fsp3) is 0.276. The Kier molecular flexibility index (Phi) is 6.31. The summed E-state index contributed by atoms with van der Waals surface area (Å²) in [6, 6.07) is 14.4. The summed E-state index contributed by atoms with van der Waals surface area (Å²) in [6.45, 7) is 2.56. The van der Waals surface area contributed by atoms with E-state index in [0.717, 1.165) is 29.5 Å². The molecule has 184 valence electrons. The van der Waals surface area contributed by atoms with Gasteiger partial charge in [-0.25, -0.2) is 14.0 Å². The SMILES string of the molecule is CCOC(=O)c1c(CCc2ccc(F)cc2)cc2c(c1-c1ccc(C(=O)O)cc1)C(=O)N1CCC[C@@H]21. The summed E-state index contributed by atoms with van der Waals surface area (Å²) in [4.78, 5) is 40.2. The summed E-state index contributed by atoms with van der Waals surface area (Å²) in [6.07, 6.45) is 2.84. The third kappa shape index (κ3) is 4.15. The van der Waals surface area contributed by atoms with Crippen LogP contribution in [0.5, 0.6) is 0 Å². The van der Waals surface area contributed by atoms with Crippen LogP contribution in [0, 0.1) is 5.82 Å². The number of nitrogens with zero attached hydrogens (tertiary/aromatic N) is 1. The molecule has 0 aromatic heterocycles. The van der Waals surface area contributed by atoms with Gasteiger partial charge in [0.2, 0.25) is 0 Å². The number of carbonyl (C=O) groups is 3. The molecule has 0 unspecified atom stereocenters. The molecule has 5 rings (SSSR count). The molecule has 1 fully saturated rings. The molecule has 0 aliphatic carbocycles. The van der Waals surface area contributed by atoms with E-state index in [1.165, 1.54) is 24.3 Å². The van der Waals surface area contributed by atoms with Crippen LogP contribution in [0.3, 0.4) is 0 Å². The smallest absolute Gasteiger partial charge is 0.339 e. The molecule has 1 atom stereocenters. The van der Waals surface area contributed by atoms with Gasteiger partial charge in [0, 0.05) is 12.1 Å². The molecule has 2 heterocycles. The summed E-state index contributed by atoms with van der Waals surface area (Å²) < 4.78 is 18.8. The normalized spacial score (nSPS) is 16.1. The number of hydrogen-bond donors (Lipinski definition) is 1. The summed E-state index contributed by atoms with van der Waals surface area (Å²) in [7, 11) is 0. The van der Waals surface area contributed by atoms with Gasteiger partial charge in [-0.15, -0.1) is 0 Å². The molecule has 1 amide bonds. The van der Waals surface area contributed by atoms with Gasteiger partial charge in [0.1, 0.15) is 5.82 Å². The van der Waals surface area contributed by atoms with E-state index in [2.05, 4.69) is 0 Å². The maximum Gasteiger partial charge on any atom is 0.339 e. The number of fused-ring (bicyclic) bond motifs is 3. The molecule has 36 heavy (non-hydrogen) atoms. The first-order valence-corrected chi connectivity index (χ1v) is 12.1. The summed E-state index contributed by atoms with van der Waals surface area (Å²) in [5.41, 5.74) is 4.62. The van der Waals surface area contributed by atoms with Crippen LogP contribution < -0.4 is 0 Å². The average molecular weight is 488 g/mol. The Morgan fingerprint density at radius 3 is 2.44 bits per heavy atom. The van der Waals surface area contributed by atoms with Crippen LogP contribution in [0.25, 0.3) is 11.1 Å². The number of amides is 1. The number of halogens is 1. The van der Waals surface area contributed by atoms with Gasteiger partial charge in [-0.2, -0.15) is 0 Å². The fourth-order valence-corrected chi connectivity index (χ4v) is 5.36. The monoisotopic (exact) mass is 487 g/mol. The number of esters is 1. The minimum atomic E-state index is -1.05. The molecular formula is C29H26FNO5. The van der Waals surface area contributed by atoms with Crippen LogP contribution in [-0.4, -0.2) is 41.0 Å². The summed E-state index contributed by atoms with van der Waals surface area (Å²) >= 11 is 0. The van der Waals surface area contributed by atoms with Crippen molar-refractivity contribution in [2.75, 3.05) is 13.2 Å². The number of carboxylic acid groups (broad SMARTS) is 1. The van der Waals surface area contributed by atoms with Crippen molar-refractivity contribution in [3.8, 4) is 11.1 Å². The van der Waals surface area contributed by atoms with E-state index in [1.807, 2.05) is 11.0 Å². The third-order valence-corrected chi connectivity index (χ3v) is 7.02. The van der Waals surface area contributed by atoms with E-state index < -0.39 is 11.9 Å². The lowest BCUT2D eigenvalue weighted by atomic mass is 9.84. The molecule has 2 aliphatic heterocycles. The number of rotatable bonds is 7. The second-order valence-electron chi connectivity index (χ2n) is 9.14. The lowest BCUT2D eigenvalue weighted by Crippen LogP contribution is -2.23. The Balaban J connectivity index is 1.70. The molecular weight excluding hydrogens is 461 g/mol. The van der Waals surface area contributed by atoms with Gasteiger partial charge in [-0.05, 0) is 79.1 Å². The number of hydrogen-bond acceptors (Lipinski definition) is 4. The van der Waals surface area contributed by atoms with Crippen molar-refractivity contribution in [1.29, 1.82) is 0 Å². The predicted molar refractivity (Wildman–Crippen MR) is 132 cm³/mol. The predicted octanol–water partition coefficient (Wildman–Crippen LogP) is 5.44. The quantitative estimate of drug-likeness (QED) is 0.449. The highest BCUT2D eigenvalue weighted by Gasteiger charge is 2.43. The Morgan fingerprint density at radius 1 is 1.06 bits per heavy atom. The number of carbonyl (C=O) groups excluding carboxylic acids is 2. The first-order valence-electron chi connectivity index (χ1n) is 12.1. The maximum atomic E-state index is 13.5. The summed E-state index contributed by atoms with van der Waals surface area (Å²) in [5.74, 6) is -2.00. The van der Waals surface area contributed by atoms with Crippen LogP contribution in [0.4, 0.5) is 4.39 Å². The van der Waals surface area contributed by atoms with Crippen molar-refractivity contribution in [2.45, 2.75) is 38.6 Å². The number of carboxylic acids is 1. The zero-order valence-corrected chi connectivity index (χ0v) is 19.9.